The average molecular weight is 397 g/mol. The minimum atomic E-state index is 0.387. The van der Waals surface area contributed by atoms with Crippen molar-refractivity contribution in [3.05, 3.63) is 23.8 Å². The van der Waals surface area contributed by atoms with Crippen LogP contribution in [0.2, 0.25) is 0 Å². The molecule has 0 amide bonds. The van der Waals surface area contributed by atoms with E-state index in [1.54, 1.807) is 0 Å². The molecule has 0 aromatic rings. The van der Waals surface area contributed by atoms with Gasteiger partial charge in [0.25, 0.3) is 0 Å². The lowest BCUT2D eigenvalue weighted by molar-refractivity contribution is -0.127. The predicted octanol–water partition coefficient (Wildman–Crippen LogP) is 7.76. The molecule has 162 valence electrons. The van der Waals surface area contributed by atoms with Gasteiger partial charge in [-0.25, -0.2) is 0 Å². The van der Waals surface area contributed by atoms with Crippen molar-refractivity contribution in [1.29, 1.82) is 0 Å². The molecule has 0 saturated heterocycles. The van der Waals surface area contributed by atoms with Crippen LogP contribution in [0.25, 0.3) is 0 Å². The lowest BCUT2D eigenvalue weighted by Gasteiger charge is -2.57. The molecule has 29 heavy (non-hydrogen) atoms. The van der Waals surface area contributed by atoms with E-state index in [-0.39, 0.29) is 0 Å². The Morgan fingerprint density at radius 1 is 1.10 bits per heavy atom. The van der Waals surface area contributed by atoms with Crippen molar-refractivity contribution >= 4 is 5.78 Å². The second-order valence-electron chi connectivity index (χ2n) is 12.0. The first kappa shape index (κ1) is 21.4. The smallest absolute Gasteiger partial charge is 0.133 e. The average Bonchev–Trinajstić information content (AvgIpc) is 3.03. The van der Waals surface area contributed by atoms with E-state index in [9.17, 15) is 4.79 Å². The molecule has 1 nitrogen and oxygen atoms in total. The quantitative estimate of drug-likeness (QED) is 0.434. The van der Waals surface area contributed by atoms with E-state index in [1.165, 1.54) is 44.1 Å². The molecule has 7 atom stereocenters. The van der Waals surface area contributed by atoms with E-state index in [4.69, 9.17) is 0 Å². The first-order chi connectivity index (χ1) is 13.7. The molecular formula is C28H44O. The third-order valence-electron chi connectivity index (χ3n) is 10.4. The molecule has 0 aliphatic heterocycles. The molecule has 0 unspecified atom stereocenters. The summed E-state index contributed by atoms with van der Waals surface area (Å²) in [5, 5.41) is 0. The number of fused-ring (bicyclic) bond motifs is 5. The molecule has 0 spiro atoms. The third-order valence-corrected chi connectivity index (χ3v) is 10.4. The van der Waals surface area contributed by atoms with Gasteiger partial charge in [-0.05, 0) is 97.7 Å². The normalized spacial score (nSPS) is 42.7. The lowest BCUT2D eigenvalue weighted by Crippen LogP contribution is -2.49. The molecule has 3 fully saturated rings. The van der Waals surface area contributed by atoms with Crippen LogP contribution in [0.15, 0.2) is 23.8 Å². The zero-order valence-electron chi connectivity index (χ0n) is 19.7. The van der Waals surface area contributed by atoms with Crippen LogP contribution in [-0.2, 0) is 4.79 Å². The summed E-state index contributed by atoms with van der Waals surface area (Å²) in [5.74, 6) is 4.97. The molecule has 0 radical (unpaired) electrons. The fraction of sp³-hybridized carbons (Fsp3) is 0.821. The van der Waals surface area contributed by atoms with E-state index in [0.717, 1.165) is 49.4 Å². The van der Waals surface area contributed by atoms with Gasteiger partial charge >= 0.3 is 0 Å². The monoisotopic (exact) mass is 396 g/mol. The number of carbonyl (C=O) groups excluding carboxylic acids is 1. The van der Waals surface area contributed by atoms with E-state index in [1.807, 2.05) is 5.57 Å². The van der Waals surface area contributed by atoms with Gasteiger partial charge in [-0.3, -0.25) is 4.79 Å². The molecule has 3 saturated carbocycles. The van der Waals surface area contributed by atoms with Crippen molar-refractivity contribution < 1.29 is 4.79 Å². The molecule has 0 aromatic carbocycles. The van der Waals surface area contributed by atoms with Gasteiger partial charge in [0.05, 0.1) is 0 Å². The van der Waals surface area contributed by atoms with E-state index in [2.05, 4.69) is 47.3 Å². The fourth-order valence-electron chi connectivity index (χ4n) is 8.18. The Morgan fingerprint density at radius 2 is 1.83 bits per heavy atom. The Labute approximate surface area is 179 Å². The molecule has 0 bridgehead atoms. The van der Waals surface area contributed by atoms with Crippen molar-refractivity contribution in [3.8, 4) is 0 Å². The number of ketones is 1. The number of hydrogen-bond acceptors (Lipinski definition) is 1. The summed E-state index contributed by atoms with van der Waals surface area (Å²) >= 11 is 0. The standard InChI is InChI=1S/C28H44O/c1-18(2)19(3)7-8-20(4)24-11-12-25-23-10-9-21-17-22(29)13-15-27(21,5)26(23)14-16-28(24,25)6/h10,18,20-21,24-26H,3,7-9,11-17H2,1-2,4-6H3/t20-,21+,24-,25+,26+,27+,28-/m1/s1. The highest BCUT2D eigenvalue weighted by Crippen LogP contribution is 2.66. The summed E-state index contributed by atoms with van der Waals surface area (Å²) in [4.78, 5) is 12.1. The Balaban J connectivity index is 1.51. The van der Waals surface area contributed by atoms with Gasteiger partial charge in [-0.2, -0.15) is 0 Å². The minimum absolute atomic E-state index is 0.387. The van der Waals surface area contributed by atoms with Crippen molar-refractivity contribution in [1.82, 2.24) is 0 Å². The summed E-state index contributed by atoms with van der Waals surface area (Å²) in [7, 11) is 0. The minimum Gasteiger partial charge on any atom is -0.300 e. The van der Waals surface area contributed by atoms with E-state index >= 15 is 0 Å². The highest BCUT2D eigenvalue weighted by atomic mass is 16.1. The topological polar surface area (TPSA) is 17.1 Å². The van der Waals surface area contributed by atoms with Crippen molar-refractivity contribution in [3.63, 3.8) is 0 Å². The molecule has 0 N–H and O–H groups in total. The SMILES string of the molecule is C=C(CC[C@@H](C)[C@H]1CC[C@H]2C3=CC[C@H]4CC(=O)CC[C@]4(C)[C@H]3CC[C@]12C)C(C)C. The molecule has 0 heterocycles. The van der Waals surface area contributed by atoms with Gasteiger partial charge < -0.3 is 0 Å². The summed E-state index contributed by atoms with van der Waals surface area (Å²) in [6.45, 7) is 16.6. The number of allylic oxidation sites excluding steroid dienone is 3. The van der Waals surface area contributed by atoms with Gasteiger partial charge in [0.1, 0.15) is 5.78 Å². The number of hydrogen-bond donors (Lipinski definition) is 0. The van der Waals surface area contributed by atoms with Crippen molar-refractivity contribution in [2.75, 3.05) is 0 Å². The van der Waals surface area contributed by atoms with Crippen LogP contribution in [0.4, 0.5) is 0 Å². The fourth-order valence-corrected chi connectivity index (χ4v) is 8.18. The van der Waals surface area contributed by atoms with Crippen molar-refractivity contribution in [2.45, 2.75) is 98.8 Å². The summed E-state index contributed by atoms with van der Waals surface area (Å²) in [6, 6.07) is 0. The van der Waals surface area contributed by atoms with Gasteiger partial charge in [-0.1, -0.05) is 58.4 Å². The van der Waals surface area contributed by atoms with Crippen LogP contribution >= 0.6 is 0 Å². The van der Waals surface area contributed by atoms with Crippen LogP contribution in [0.1, 0.15) is 98.8 Å². The predicted molar refractivity (Wildman–Crippen MR) is 123 cm³/mol. The molecule has 4 aliphatic carbocycles. The Hall–Kier alpha value is -0.850. The van der Waals surface area contributed by atoms with Gasteiger partial charge in [0, 0.05) is 12.8 Å². The van der Waals surface area contributed by atoms with Crippen LogP contribution in [0, 0.1) is 46.3 Å². The highest BCUT2D eigenvalue weighted by molar-refractivity contribution is 5.79. The molecule has 1 heteroatoms. The van der Waals surface area contributed by atoms with E-state index in [0.29, 0.717) is 28.4 Å². The maximum Gasteiger partial charge on any atom is 0.133 e. The number of rotatable bonds is 5. The maximum absolute atomic E-state index is 12.1. The zero-order chi connectivity index (χ0) is 21.0. The van der Waals surface area contributed by atoms with Crippen LogP contribution < -0.4 is 0 Å². The Kier molecular flexibility index (Phi) is 5.67. The molecule has 0 aromatic heterocycles. The molecule has 4 aliphatic rings. The number of carbonyl (C=O) groups is 1. The van der Waals surface area contributed by atoms with Gasteiger partial charge in [0.2, 0.25) is 0 Å². The molecule has 4 rings (SSSR count). The summed E-state index contributed by atoms with van der Waals surface area (Å²) in [6.07, 6.45) is 14.7. The van der Waals surface area contributed by atoms with Crippen LogP contribution in [-0.4, -0.2) is 5.78 Å². The lowest BCUT2D eigenvalue weighted by atomic mass is 9.47. The summed E-state index contributed by atoms with van der Waals surface area (Å²) in [5.41, 5.74) is 4.14. The Morgan fingerprint density at radius 3 is 2.55 bits per heavy atom. The zero-order valence-corrected chi connectivity index (χ0v) is 19.7. The second-order valence-corrected chi connectivity index (χ2v) is 12.0. The molecular weight excluding hydrogens is 352 g/mol. The summed E-state index contributed by atoms with van der Waals surface area (Å²) < 4.78 is 0. The number of Topliss-reactive ketones (excluding diaryl/α,β-unsaturated/α-hetero) is 1. The Bertz CT molecular complexity index is 699. The largest absolute Gasteiger partial charge is 0.300 e. The van der Waals surface area contributed by atoms with Gasteiger partial charge in [0.15, 0.2) is 0 Å². The highest BCUT2D eigenvalue weighted by Gasteiger charge is 2.58. The van der Waals surface area contributed by atoms with Crippen LogP contribution in [0.3, 0.4) is 0 Å². The van der Waals surface area contributed by atoms with Gasteiger partial charge in [-0.15, -0.1) is 0 Å². The van der Waals surface area contributed by atoms with Crippen molar-refractivity contribution in [2.24, 2.45) is 46.3 Å². The van der Waals surface area contributed by atoms with Crippen LogP contribution in [0.5, 0.6) is 0 Å². The second kappa shape index (κ2) is 7.69. The van der Waals surface area contributed by atoms with E-state index < -0.39 is 0 Å². The maximum atomic E-state index is 12.1. The first-order valence-electron chi connectivity index (χ1n) is 12.6. The first-order valence-corrected chi connectivity index (χ1v) is 12.6. The third kappa shape index (κ3) is 3.49.